The van der Waals surface area contributed by atoms with Gasteiger partial charge >= 0.3 is 0 Å². The number of nitrogens with zero attached hydrogens (tertiary/aromatic N) is 3. The predicted octanol–water partition coefficient (Wildman–Crippen LogP) is 17.1. The van der Waals surface area contributed by atoms with Crippen LogP contribution in [-0.4, -0.2) is 9.13 Å². The van der Waals surface area contributed by atoms with Gasteiger partial charge in [-0.1, -0.05) is 152 Å². The molecule has 0 spiro atoms. The zero-order valence-electron chi connectivity index (χ0n) is 35.9. The second kappa shape index (κ2) is 15.4. The molecular formula is C62H41N3O. The summed E-state index contributed by atoms with van der Waals surface area (Å²) in [5.74, 6) is 0.832. The average molecular weight is 844 g/mol. The van der Waals surface area contributed by atoms with Crippen molar-refractivity contribution < 1.29 is 4.42 Å². The molecule has 0 aliphatic carbocycles. The molecule has 0 saturated heterocycles. The minimum absolute atomic E-state index is 0.832. The minimum atomic E-state index is 0.832. The molecule has 0 aliphatic rings. The summed E-state index contributed by atoms with van der Waals surface area (Å²) in [6, 6.07) is 84.7. The van der Waals surface area contributed by atoms with Gasteiger partial charge in [-0.3, -0.25) is 0 Å². The maximum atomic E-state index is 6.68. The lowest BCUT2D eigenvalue weighted by Crippen LogP contribution is -2.09. The van der Waals surface area contributed by atoms with Gasteiger partial charge in [0, 0.05) is 60.9 Å². The number of hydrogen-bond donors (Lipinski definition) is 0. The summed E-state index contributed by atoms with van der Waals surface area (Å²) >= 11 is 0. The van der Waals surface area contributed by atoms with Crippen molar-refractivity contribution in [2.75, 3.05) is 4.90 Å². The number of fused-ring (bicyclic) bond motifs is 10. The SMILES string of the molecule is C(=C\c1ccc2c3c4ccc5c(c4ccc3n(-c3ccccc3)c2c1)c1ccc(-c2cc3cc(N(c4ccccc4)c4ccccc4)ccc3o2)cc1n5-c1ccccc1)/c1ccccc1. The third-order valence-corrected chi connectivity index (χ3v) is 13.0. The Morgan fingerprint density at radius 3 is 1.44 bits per heavy atom. The van der Waals surface area contributed by atoms with E-state index < -0.39 is 0 Å². The quantitative estimate of drug-likeness (QED) is 0.142. The van der Waals surface area contributed by atoms with Crippen molar-refractivity contribution in [3.63, 3.8) is 0 Å². The van der Waals surface area contributed by atoms with Crippen molar-refractivity contribution in [2.45, 2.75) is 0 Å². The molecule has 0 unspecified atom stereocenters. The van der Waals surface area contributed by atoms with Crippen LogP contribution in [0.25, 0.3) is 100 Å². The number of benzene rings is 10. The Morgan fingerprint density at radius 2 is 0.848 bits per heavy atom. The molecule has 4 heteroatoms. The molecular weight excluding hydrogens is 803 g/mol. The number of anilines is 3. The van der Waals surface area contributed by atoms with Crippen LogP contribution in [0.2, 0.25) is 0 Å². The van der Waals surface area contributed by atoms with E-state index in [0.717, 1.165) is 67.3 Å². The molecule has 0 saturated carbocycles. The van der Waals surface area contributed by atoms with E-state index >= 15 is 0 Å². The normalized spacial score (nSPS) is 11.9. The fourth-order valence-corrected chi connectivity index (χ4v) is 10.1. The summed E-state index contributed by atoms with van der Waals surface area (Å²) < 4.78 is 11.5. The van der Waals surface area contributed by atoms with Crippen molar-refractivity contribution in [3.8, 4) is 22.7 Å². The van der Waals surface area contributed by atoms with E-state index in [9.17, 15) is 0 Å². The largest absolute Gasteiger partial charge is 0.456 e. The minimum Gasteiger partial charge on any atom is -0.456 e. The summed E-state index contributed by atoms with van der Waals surface area (Å²) in [6.07, 6.45) is 4.40. The molecule has 0 amide bonds. The van der Waals surface area contributed by atoms with E-state index in [4.69, 9.17) is 4.42 Å². The Morgan fingerprint density at radius 1 is 0.348 bits per heavy atom. The van der Waals surface area contributed by atoms with Crippen LogP contribution in [0.4, 0.5) is 17.1 Å². The molecule has 0 bridgehead atoms. The van der Waals surface area contributed by atoms with Crippen LogP contribution in [-0.2, 0) is 0 Å². The first-order valence-corrected chi connectivity index (χ1v) is 22.5. The highest BCUT2D eigenvalue weighted by molar-refractivity contribution is 6.29. The Balaban J connectivity index is 0.989. The molecule has 13 aromatic rings. The molecule has 0 N–H and O–H groups in total. The van der Waals surface area contributed by atoms with E-state index in [-0.39, 0.29) is 0 Å². The highest BCUT2D eigenvalue weighted by atomic mass is 16.3. The van der Waals surface area contributed by atoms with Crippen molar-refractivity contribution in [3.05, 3.63) is 248 Å². The van der Waals surface area contributed by atoms with Crippen LogP contribution in [0, 0.1) is 0 Å². The van der Waals surface area contributed by atoms with E-state index in [1.165, 1.54) is 48.9 Å². The fraction of sp³-hybridized carbons (Fsp3) is 0. The Bertz CT molecular complexity index is 3920. The summed E-state index contributed by atoms with van der Waals surface area (Å²) in [6.45, 7) is 0. The van der Waals surface area contributed by atoms with Crippen LogP contribution in [0.15, 0.2) is 241 Å². The summed E-state index contributed by atoms with van der Waals surface area (Å²) in [7, 11) is 0. The van der Waals surface area contributed by atoms with Crippen molar-refractivity contribution in [1.82, 2.24) is 9.13 Å². The maximum absolute atomic E-state index is 6.68. The van der Waals surface area contributed by atoms with Crippen molar-refractivity contribution in [2.24, 2.45) is 0 Å². The zero-order valence-corrected chi connectivity index (χ0v) is 35.9. The standard InChI is InChI=1S/C62H41N3O/c1-6-16-42(17-7-1)26-27-43-28-31-53-57(38-43)64(48-22-12-4-13-23-48)55-35-33-52-51(61(53)55)34-36-56-62(52)54-32-29-44(40-58(54)65(56)49-24-14-5-15-25-49)60-41-45-39-50(30-37-59(45)66-60)63(46-18-8-2-9-19-46)47-20-10-3-11-21-47/h1-41H/b27-26+. The number of para-hydroxylation sites is 4. The van der Waals surface area contributed by atoms with E-state index in [0.29, 0.717) is 0 Å². The topological polar surface area (TPSA) is 26.2 Å². The third-order valence-electron chi connectivity index (χ3n) is 13.0. The second-order valence-corrected chi connectivity index (χ2v) is 16.9. The lowest BCUT2D eigenvalue weighted by molar-refractivity contribution is 0.631. The Kier molecular flexibility index (Phi) is 8.81. The molecule has 0 radical (unpaired) electrons. The molecule has 310 valence electrons. The maximum Gasteiger partial charge on any atom is 0.135 e. The highest BCUT2D eigenvalue weighted by Gasteiger charge is 2.21. The van der Waals surface area contributed by atoms with Crippen LogP contribution in [0.1, 0.15) is 11.1 Å². The summed E-state index contributed by atoms with van der Waals surface area (Å²) in [5.41, 5.74) is 14.4. The molecule has 0 fully saturated rings. The van der Waals surface area contributed by atoms with Gasteiger partial charge in [0.1, 0.15) is 11.3 Å². The number of hydrogen-bond acceptors (Lipinski definition) is 2. The number of aromatic nitrogens is 2. The molecule has 0 aliphatic heterocycles. The van der Waals surface area contributed by atoms with Gasteiger partial charge in [-0.25, -0.2) is 0 Å². The molecule has 0 atom stereocenters. The van der Waals surface area contributed by atoms with E-state index in [1.54, 1.807) is 0 Å². The molecule has 4 nitrogen and oxygen atoms in total. The smallest absolute Gasteiger partial charge is 0.135 e. The van der Waals surface area contributed by atoms with Crippen LogP contribution < -0.4 is 4.90 Å². The molecule has 3 heterocycles. The van der Waals surface area contributed by atoms with E-state index in [2.05, 4.69) is 263 Å². The Hall–Kier alpha value is -8.86. The zero-order chi connectivity index (χ0) is 43.6. The number of rotatable bonds is 8. The molecule has 66 heavy (non-hydrogen) atoms. The summed E-state index contributed by atoms with van der Waals surface area (Å²) in [4.78, 5) is 2.29. The van der Waals surface area contributed by atoms with Crippen molar-refractivity contribution >= 4 is 94.6 Å². The predicted molar refractivity (Wildman–Crippen MR) is 278 cm³/mol. The van der Waals surface area contributed by atoms with Crippen LogP contribution in [0.3, 0.4) is 0 Å². The van der Waals surface area contributed by atoms with Gasteiger partial charge in [0.15, 0.2) is 0 Å². The second-order valence-electron chi connectivity index (χ2n) is 16.9. The lowest BCUT2D eigenvalue weighted by Gasteiger charge is -2.25. The Labute approximate surface area is 381 Å². The van der Waals surface area contributed by atoms with Gasteiger partial charge in [-0.2, -0.15) is 0 Å². The highest BCUT2D eigenvalue weighted by Crippen LogP contribution is 2.44. The van der Waals surface area contributed by atoms with Gasteiger partial charge in [0.05, 0.1) is 22.1 Å². The lowest BCUT2D eigenvalue weighted by atomic mass is 9.98. The van der Waals surface area contributed by atoms with Gasteiger partial charge in [0.25, 0.3) is 0 Å². The number of furan rings is 1. The molecule has 10 aromatic carbocycles. The molecule has 13 rings (SSSR count). The average Bonchev–Trinajstić information content (AvgIpc) is 4.07. The first-order chi connectivity index (χ1) is 32.7. The summed E-state index contributed by atoms with van der Waals surface area (Å²) in [5, 5.41) is 8.42. The van der Waals surface area contributed by atoms with Gasteiger partial charge in [-0.05, 0) is 119 Å². The third kappa shape index (κ3) is 6.22. The van der Waals surface area contributed by atoms with Gasteiger partial charge in [-0.15, -0.1) is 0 Å². The van der Waals surface area contributed by atoms with Crippen LogP contribution >= 0.6 is 0 Å². The van der Waals surface area contributed by atoms with Gasteiger partial charge in [0.2, 0.25) is 0 Å². The first-order valence-electron chi connectivity index (χ1n) is 22.5. The monoisotopic (exact) mass is 843 g/mol. The first kappa shape index (κ1) is 37.7. The van der Waals surface area contributed by atoms with E-state index in [1.807, 2.05) is 0 Å². The fourth-order valence-electron chi connectivity index (χ4n) is 10.1. The van der Waals surface area contributed by atoms with Gasteiger partial charge < -0.3 is 18.5 Å². The molecule has 3 aromatic heterocycles. The van der Waals surface area contributed by atoms with Crippen molar-refractivity contribution in [1.29, 1.82) is 0 Å². The van der Waals surface area contributed by atoms with Crippen LogP contribution in [0.5, 0.6) is 0 Å².